The van der Waals surface area contributed by atoms with E-state index in [2.05, 4.69) is 10.2 Å². The van der Waals surface area contributed by atoms with Gasteiger partial charge in [-0.05, 0) is 44.7 Å². The van der Waals surface area contributed by atoms with Crippen LogP contribution in [0.3, 0.4) is 0 Å². The normalized spacial score (nSPS) is 26.6. The number of carbonyl (C=O) groups is 1. The summed E-state index contributed by atoms with van der Waals surface area (Å²) in [4.78, 5) is 14.8. The minimum absolute atomic E-state index is 0.0647. The summed E-state index contributed by atoms with van der Waals surface area (Å²) in [5, 5.41) is 3.20. The fraction of sp³-hybridized carbons (Fsp3) is 0.611. The van der Waals surface area contributed by atoms with Gasteiger partial charge in [-0.3, -0.25) is 9.69 Å². The number of nitrogens with zero attached hydrogens (tertiary/aromatic N) is 1. The molecule has 0 aromatic heterocycles. The van der Waals surface area contributed by atoms with Crippen LogP contribution in [0.5, 0.6) is 0 Å². The first kappa shape index (κ1) is 15.5. The maximum Gasteiger partial charge on any atom is 0.251 e. The standard InChI is InChI=1S/C18H26N2O2/c1-14-2-4-15(5-3-14)18(21)19-16-6-8-17(9-7-16)20-10-12-22-13-11-20/h2-5,16-17H,6-13H2,1H3,(H,19,21). The zero-order valence-corrected chi connectivity index (χ0v) is 13.4. The molecule has 1 aliphatic heterocycles. The lowest BCUT2D eigenvalue weighted by atomic mass is 9.89. The lowest BCUT2D eigenvalue weighted by Gasteiger charge is -2.38. The monoisotopic (exact) mass is 302 g/mol. The molecule has 4 heteroatoms. The van der Waals surface area contributed by atoms with E-state index in [-0.39, 0.29) is 5.91 Å². The molecular weight excluding hydrogens is 276 g/mol. The molecule has 1 saturated carbocycles. The number of hydrogen-bond donors (Lipinski definition) is 1. The van der Waals surface area contributed by atoms with Crippen molar-refractivity contribution < 1.29 is 9.53 Å². The van der Waals surface area contributed by atoms with Gasteiger partial charge >= 0.3 is 0 Å². The highest BCUT2D eigenvalue weighted by Crippen LogP contribution is 2.24. The van der Waals surface area contributed by atoms with Crippen LogP contribution in [-0.2, 0) is 4.74 Å². The molecule has 0 unspecified atom stereocenters. The molecule has 2 aliphatic rings. The lowest BCUT2D eigenvalue weighted by molar-refractivity contribution is 0.00665. The molecule has 2 fully saturated rings. The van der Waals surface area contributed by atoms with E-state index in [1.807, 2.05) is 31.2 Å². The number of carbonyl (C=O) groups excluding carboxylic acids is 1. The molecule has 1 N–H and O–H groups in total. The molecule has 4 nitrogen and oxygen atoms in total. The second-order valence-electron chi connectivity index (χ2n) is 6.49. The first-order chi connectivity index (χ1) is 10.7. The number of hydrogen-bond acceptors (Lipinski definition) is 3. The van der Waals surface area contributed by atoms with Crippen molar-refractivity contribution in [2.75, 3.05) is 26.3 Å². The molecule has 1 heterocycles. The topological polar surface area (TPSA) is 41.6 Å². The maximum absolute atomic E-state index is 12.3. The van der Waals surface area contributed by atoms with Gasteiger partial charge in [-0.25, -0.2) is 0 Å². The SMILES string of the molecule is Cc1ccc(C(=O)NC2CCC(N3CCOCC3)CC2)cc1. The van der Waals surface area contributed by atoms with Crippen molar-refractivity contribution in [1.29, 1.82) is 0 Å². The summed E-state index contributed by atoms with van der Waals surface area (Å²) in [6.45, 7) is 5.89. The number of morpholine rings is 1. The minimum Gasteiger partial charge on any atom is -0.379 e. The molecule has 1 aromatic carbocycles. The Bertz CT molecular complexity index is 486. The number of rotatable bonds is 3. The average molecular weight is 302 g/mol. The van der Waals surface area contributed by atoms with E-state index in [4.69, 9.17) is 4.74 Å². The highest BCUT2D eigenvalue weighted by Gasteiger charge is 2.27. The van der Waals surface area contributed by atoms with E-state index in [1.54, 1.807) is 0 Å². The molecule has 3 rings (SSSR count). The summed E-state index contributed by atoms with van der Waals surface area (Å²) in [5.74, 6) is 0.0647. The Morgan fingerprint density at radius 2 is 1.73 bits per heavy atom. The Balaban J connectivity index is 1.47. The number of ether oxygens (including phenoxy) is 1. The predicted octanol–water partition coefficient (Wildman–Crippen LogP) is 2.37. The number of nitrogens with one attached hydrogen (secondary N) is 1. The zero-order chi connectivity index (χ0) is 15.4. The third-order valence-corrected chi connectivity index (χ3v) is 4.91. The fourth-order valence-corrected chi connectivity index (χ4v) is 3.50. The van der Waals surface area contributed by atoms with E-state index in [0.29, 0.717) is 12.1 Å². The molecule has 1 aromatic rings. The van der Waals surface area contributed by atoms with Gasteiger partial charge in [0, 0.05) is 30.7 Å². The van der Waals surface area contributed by atoms with Crippen LogP contribution < -0.4 is 5.32 Å². The van der Waals surface area contributed by atoms with Gasteiger partial charge in [0.1, 0.15) is 0 Å². The van der Waals surface area contributed by atoms with E-state index < -0.39 is 0 Å². The van der Waals surface area contributed by atoms with E-state index in [0.717, 1.165) is 44.7 Å². The first-order valence-corrected chi connectivity index (χ1v) is 8.42. The fourth-order valence-electron chi connectivity index (χ4n) is 3.50. The predicted molar refractivity (Wildman–Crippen MR) is 87.1 cm³/mol. The van der Waals surface area contributed by atoms with Gasteiger partial charge in [0.05, 0.1) is 13.2 Å². The Labute approximate surface area is 132 Å². The summed E-state index contributed by atoms with van der Waals surface area (Å²) in [6, 6.07) is 8.80. The molecule has 0 radical (unpaired) electrons. The van der Waals surface area contributed by atoms with Crippen molar-refractivity contribution in [2.24, 2.45) is 0 Å². The highest BCUT2D eigenvalue weighted by molar-refractivity contribution is 5.94. The van der Waals surface area contributed by atoms with Gasteiger partial charge in [-0.15, -0.1) is 0 Å². The van der Waals surface area contributed by atoms with Gasteiger partial charge in [0.15, 0.2) is 0 Å². The molecule has 0 bridgehead atoms. The Morgan fingerprint density at radius 1 is 1.09 bits per heavy atom. The van der Waals surface area contributed by atoms with Gasteiger partial charge in [0.2, 0.25) is 0 Å². The van der Waals surface area contributed by atoms with Crippen molar-refractivity contribution in [3.8, 4) is 0 Å². The van der Waals surface area contributed by atoms with Gasteiger partial charge in [-0.1, -0.05) is 17.7 Å². The van der Waals surface area contributed by atoms with Crippen LogP contribution in [0, 0.1) is 6.92 Å². The van der Waals surface area contributed by atoms with Crippen molar-refractivity contribution in [3.63, 3.8) is 0 Å². The van der Waals surface area contributed by atoms with Crippen LogP contribution in [0.1, 0.15) is 41.6 Å². The lowest BCUT2D eigenvalue weighted by Crippen LogP contribution is -2.47. The summed E-state index contributed by atoms with van der Waals surface area (Å²) in [5.41, 5.74) is 1.95. The smallest absolute Gasteiger partial charge is 0.251 e. The number of benzene rings is 1. The van der Waals surface area contributed by atoms with Gasteiger partial charge in [-0.2, -0.15) is 0 Å². The second-order valence-corrected chi connectivity index (χ2v) is 6.49. The van der Waals surface area contributed by atoms with Crippen LogP contribution >= 0.6 is 0 Å². The van der Waals surface area contributed by atoms with Gasteiger partial charge in [0.25, 0.3) is 5.91 Å². The summed E-state index contributed by atoms with van der Waals surface area (Å²) >= 11 is 0. The van der Waals surface area contributed by atoms with Crippen LogP contribution in [0.2, 0.25) is 0 Å². The minimum atomic E-state index is 0.0647. The van der Waals surface area contributed by atoms with Crippen LogP contribution in [0.15, 0.2) is 24.3 Å². The quantitative estimate of drug-likeness (QED) is 0.932. The molecule has 0 spiro atoms. The Morgan fingerprint density at radius 3 is 2.36 bits per heavy atom. The van der Waals surface area contributed by atoms with E-state index in [9.17, 15) is 4.79 Å². The molecule has 1 aliphatic carbocycles. The van der Waals surface area contributed by atoms with Gasteiger partial charge < -0.3 is 10.1 Å². The molecule has 0 atom stereocenters. The highest BCUT2D eigenvalue weighted by atomic mass is 16.5. The third-order valence-electron chi connectivity index (χ3n) is 4.91. The zero-order valence-electron chi connectivity index (χ0n) is 13.4. The Hall–Kier alpha value is -1.39. The molecule has 22 heavy (non-hydrogen) atoms. The summed E-state index contributed by atoms with van der Waals surface area (Å²) < 4.78 is 5.42. The van der Waals surface area contributed by atoms with Crippen molar-refractivity contribution in [2.45, 2.75) is 44.7 Å². The van der Waals surface area contributed by atoms with Crippen molar-refractivity contribution in [3.05, 3.63) is 35.4 Å². The van der Waals surface area contributed by atoms with Crippen LogP contribution in [0.4, 0.5) is 0 Å². The van der Waals surface area contributed by atoms with Crippen LogP contribution in [-0.4, -0.2) is 49.2 Å². The molecule has 120 valence electrons. The third kappa shape index (κ3) is 3.87. The second kappa shape index (κ2) is 7.25. The van der Waals surface area contributed by atoms with Crippen molar-refractivity contribution in [1.82, 2.24) is 10.2 Å². The Kier molecular flexibility index (Phi) is 5.11. The number of aryl methyl sites for hydroxylation is 1. The summed E-state index contributed by atoms with van der Waals surface area (Å²) in [7, 11) is 0. The maximum atomic E-state index is 12.3. The van der Waals surface area contributed by atoms with Crippen LogP contribution in [0.25, 0.3) is 0 Å². The first-order valence-electron chi connectivity index (χ1n) is 8.42. The largest absolute Gasteiger partial charge is 0.379 e. The van der Waals surface area contributed by atoms with E-state index in [1.165, 1.54) is 18.4 Å². The average Bonchev–Trinajstić information content (AvgIpc) is 2.57. The van der Waals surface area contributed by atoms with Crippen molar-refractivity contribution >= 4 is 5.91 Å². The molecule has 1 saturated heterocycles. The van der Waals surface area contributed by atoms with E-state index >= 15 is 0 Å². The molecule has 1 amide bonds. The number of amides is 1. The summed E-state index contributed by atoms with van der Waals surface area (Å²) in [6.07, 6.45) is 4.52. The molecular formula is C18H26N2O2.